The first-order valence-electron chi connectivity index (χ1n) is 10.1. The molecule has 1 atom stereocenters. The van der Waals surface area contributed by atoms with Crippen molar-refractivity contribution in [2.75, 3.05) is 16.8 Å². The summed E-state index contributed by atoms with van der Waals surface area (Å²) in [5.74, 6) is 0.0362. The van der Waals surface area contributed by atoms with Gasteiger partial charge >= 0.3 is 0 Å². The van der Waals surface area contributed by atoms with Crippen LogP contribution in [0.2, 0.25) is 0 Å². The van der Waals surface area contributed by atoms with Gasteiger partial charge in [-0.1, -0.05) is 42.5 Å². The quantitative estimate of drug-likeness (QED) is 0.639. The van der Waals surface area contributed by atoms with Crippen LogP contribution >= 0.6 is 0 Å². The molecule has 3 aromatic rings. The molecule has 0 aliphatic carbocycles. The van der Waals surface area contributed by atoms with Crippen LogP contribution in [-0.4, -0.2) is 30.2 Å². The summed E-state index contributed by atoms with van der Waals surface area (Å²) in [6.07, 6.45) is 0.205. The molecule has 4 rings (SSSR count). The minimum Gasteiger partial charge on any atom is -0.484 e. The standard InChI is InChI=1S/C25H22N2O4/c1-17-15-23(28)26-21-9-5-6-10-22(21)27(17)24(29)16-31-20-13-11-19(12-14-20)25(30)18-7-3-2-4-8-18/h2-14,17H,15-16H2,1H3,(H,26,28). The molecule has 1 aliphatic rings. The number of nitrogens with zero attached hydrogens (tertiary/aromatic N) is 1. The van der Waals surface area contributed by atoms with Crippen LogP contribution in [0.5, 0.6) is 5.75 Å². The molecule has 31 heavy (non-hydrogen) atoms. The SMILES string of the molecule is CC1CC(=O)Nc2ccccc2N1C(=O)COc1ccc(C(=O)c2ccccc2)cc1. The first kappa shape index (κ1) is 20.3. The molecular formula is C25H22N2O4. The highest BCUT2D eigenvalue weighted by atomic mass is 16.5. The van der Waals surface area contributed by atoms with Gasteiger partial charge in [0.2, 0.25) is 5.91 Å². The lowest BCUT2D eigenvalue weighted by Gasteiger charge is -2.27. The Bertz CT molecular complexity index is 1110. The van der Waals surface area contributed by atoms with E-state index in [9.17, 15) is 14.4 Å². The Morgan fingerprint density at radius 2 is 1.58 bits per heavy atom. The van der Waals surface area contributed by atoms with Crippen LogP contribution < -0.4 is 15.0 Å². The van der Waals surface area contributed by atoms with E-state index in [0.717, 1.165) is 0 Å². The van der Waals surface area contributed by atoms with Crippen LogP contribution in [0.3, 0.4) is 0 Å². The Balaban J connectivity index is 1.45. The molecular weight excluding hydrogens is 392 g/mol. The molecule has 0 saturated heterocycles. The van der Waals surface area contributed by atoms with Gasteiger partial charge in [-0.2, -0.15) is 0 Å². The number of para-hydroxylation sites is 2. The van der Waals surface area contributed by atoms with Crippen LogP contribution in [-0.2, 0) is 9.59 Å². The van der Waals surface area contributed by atoms with Gasteiger partial charge in [0, 0.05) is 23.6 Å². The zero-order valence-electron chi connectivity index (χ0n) is 17.1. The molecule has 0 bridgehead atoms. The maximum absolute atomic E-state index is 13.0. The number of rotatable bonds is 5. The normalized spacial score (nSPS) is 15.5. The van der Waals surface area contributed by atoms with Gasteiger partial charge in [0.1, 0.15) is 5.75 Å². The van der Waals surface area contributed by atoms with Crippen molar-refractivity contribution in [3.63, 3.8) is 0 Å². The van der Waals surface area contributed by atoms with E-state index in [2.05, 4.69) is 5.32 Å². The van der Waals surface area contributed by atoms with Crippen molar-refractivity contribution in [1.82, 2.24) is 0 Å². The molecule has 1 N–H and O–H groups in total. The number of hydrogen-bond acceptors (Lipinski definition) is 4. The third kappa shape index (κ3) is 4.48. The molecule has 0 radical (unpaired) electrons. The monoisotopic (exact) mass is 414 g/mol. The minimum absolute atomic E-state index is 0.0737. The van der Waals surface area contributed by atoms with E-state index in [0.29, 0.717) is 28.3 Å². The number of benzene rings is 3. The summed E-state index contributed by atoms with van der Waals surface area (Å²) in [6.45, 7) is 1.66. The second-order valence-electron chi connectivity index (χ2n) is 7.39. The van der Waals surface area contributed by atoms with Crippen molar-refractivity contribution >= 4 is 29.0 Å². The number of carbonyl (C=O) groups excluding carboxylic acids is 3. The van der Waals surface area contributed by atoms with E-state index in [1.54, 1.807) is 53.4 Å². The van der Waals surface area contributed by atoms with Gasteiger partial charge in [-0.15, -0.1) is 0 Å². The molecule has 1 aliphatic heterocycles. The fourth-order valence-corrected chi connectivity index (χ4v) is 3.64. The van der Waals surface area contributed by atoms with Crippen molar-refractivity contribution in [1.29, 1.82) is 0 Å². The fraction of sp³-hybridized carbons (Fsp3) is 0.160. The van der Waals surface area contributed by atoms with Crippen LogP contribution in [0, 0.1) is 0 Å². The summed E-state index contributed by atoms with van der Waals surface area (Å²) in [5, 5.41) is 2.84. The van der Waals surface area contributed by atoms with Crippen molar-refractivity contribution < 1.29 is 19.1 Å². The molecule has 3 aromatic carbocycles. The van der Waals surface area contributed by atoms with Crippen molar-refractivity contribution in [2.24, 2.45) is 0 Å². The van der Waals surface area contributed by atoms with E-state index in [1.807, 2.05) is 37.3 Å². The number of anilines is 2. The summed E-state index contributed by atoms with van der Waals surface area (Å²) in [4.78, 5) is 39.2. The topological polar surface area (TPSA) is 75.7 Å². The highest BCUT2D eigenvalue weighted by Crippen LogP contribution is 2.31. The van der Waals surface area contributed by atoms with Crippen molar-refractivity contribution in [3.05, 3.63) is 90.0 Å². The van der Waals surface area contributed by atoms with Crippen molar-refractivity contribution in [2.45, 2.75) is 19.4 Å². The van der Waals surface area contributed by atoms with E-state index in [-0.39, 0.29) is 36.7 Å². The van der Waals surface area contributed by atoms with Crippen LogP contribution in [0.25, 0.3) is 0 Å². The van der Waals surface area contributed by atoms with Gasteiger partial charge in [0.15, 0.2) is 12.4 Å². The molecule has 0 aromatic heterocycles. The second kappa shape index (κ2) is 8.83. The zero-order chi connectivity index (χ0) is 21.8. The van der Waals surface area contributed by atoms with Gasteiger partial charge in [0.25, 0.3) is 5.91 Å². The van der Waals surface area contributed by atoms with Gasteiger partial charge in [-0.05, 0) is 43.3 Å². The molecule has 2 amide bonds. The summed E-state index contributed by atoms with van der Waals surface area (Å²) < 4.78 is 5.68. The number of carbonyl (C=O) groups is 3. The molecule has 1 heterocycles. The average Bonchev–Trinajstić information content (AvgIpc) is 2.92. The lowest BCUT2D eigenvalue weighted by Crippen LogP contribution is -2.41. The number of nitrogens with one attached hydrogen (secondary N) is 1. The van der Waals surface area contributed by atoms with Gasteiger partial charge < -0.3 is 15.0 Å². The van der Waals surface area contributed by atoms with E-state index < -0.39 is 0 Å². The Kier molecular flexibility index (Phi) is 5.80. The van der Waals surface area contributed by atoms with Gasteiger partial charge in [-0.25, -0.2) is 0 Å². The van der Waals surface area contributed by atoms with E-state index in [4.69, 9.17) is 4.74 Å². The smallest absolute Gasteiger partial charge is 0.265 e. The lowest BCUT2D eigenvalue weighted by molar-refractivity contribution is -0.121. The Hall–Kier alpha value is -3.93. The number of hydrogen-bond donors (Lipinski definition) is 1. The lowest BCUT2D eigenvalue weighted by atomic mass is 10.0. The molecule has 0 spiro atoms. The maximum Gasteiger partial charge on any atom is 0.265 e. The van der Waals surface area contributed by atoms with Crippen LogP contribution in [0.15, 0.2) is 78.9 Å². The summed E-state index contributed by atoms with van der Waals surface area (Å²) in [5.41, 5.74) is 2.42. The van der Waals surface area contributed by atoms with E-state index in [1.165, 1.54) is 0 Å². The first-order chi connectivity index (χ1) is 15.0. The number of ether oxygens (including phenoxy) is 1. The highest BCUT2D eigenvalue weighted by Gasteiger charge is 2.29. The molecule has 0 saturated carbocycles. The predicted octanol–water partition coefficient (Wildman–Crippen LogP) is 4.06. The Morgan fingerprint density at radius 3 is 2.32 bits per heavy atom. The second-order valence-corrected chi connectivity index (χ2v) is 7.39. The summed E-state index contributed by atoms with van der Waals surface area (Å²) in [6, 6.07) is 22.7. The minimum atomic E-state index is -0.300. The first-order valence-corrected chi connectivity index (χ1v) is 10.1. The largest absolute Gasteiger partial charge is 0.484 e. The van der Waals surface area contributed by atoms with Crippen LogP contribution in [0.1, 0.15) is 29.3 Å². The summed E-state index contributed by atoms with van der Waals surface area (Å²) in [7, 11) is 0. The predicted molar refractivity (Wildman–Crippen MR) is 118 cm³/mol. The van der Waals surface area contributed by atoms with E-state index >= 15 is 0 Å². The highest BCUT2D eigenvalue weighted by molar-refractivity contribution is 6.09. The Morgan fingerprint density at radius 1 is 0.935 bits per heavy atom. The summed E-state index contributed by atoms with van der Waals surface area (Å²) >= 11 is 0. The third-order valence-electron chi connectivity index (χ3n) is 5.14. The molecule has 6 nitrogen and oxygen atoms in total. The number of amides is 2. The van der Waals surface area contributed by atoms with Gasteiger partial charge in [0.05, 0.1) is 11.4 Å². The van der Waals surface area contributed by atoms with Crippen LogP contribution in [0.4, 0.5) is 11.4 Å². The molecule has 1 unspecified atom stereocenters. The Labute approximate surface area is 180 Å². The molecule has 0 fully saturated rings. The number of ketones is 1. The average molecular weight is 414 g/mol. The molecule has 156 valence electrons. The van der Waals surface area contributed by atoms with Gasteiger partial charge in [-0.3, -0.25) is 14.4 Å². The van der Waals surface area contributed by atoms with Crippen molar-refractivity contribution in [3.8, 4) is 5.75 Å². The zero-order valence-corrected chi connectivity index (χ0v) is 17.1. The molecule has 6 heteroatoms. The number of fused-ring (bicyclic) bond motifs is 1. The fourth-order valence-electron chi connectivity index (χ4n) is 3.64. The maximum atomic E-state index is 13.0. The third-order valence-corrected chi connectivity index (χ3v) is 5.14.